The van der Waals surface area contributed by atoms with Crippen molar-refractivity contribution < 1.29 is 4.39 Å². The third kappa shape index (κ3) is 2.81. The average molecular weight is 334 g/mol. The number of thiophene rings is 1. The van der Waals surface area contributed by atoms with E-state index in [1.54, 1.807) is 23.6 Å². The van der Waals surface area contributed by atoms with Gasteiger partial charge in [0, 0.05) is 22.2 Å². The van der Waals surface area contributed by atoms with Crippen LogP contribution in [-0.2, 0) is 6.42 Å². The quantitative estimate of drug-likeness (QED) is 0.501. The maximum atomic E-state index is 13.4. The number of nitrogens with zero attached hydrogens (tertiary/aromatic N) is 2. The average Bonchev–Trinajstić information content (AvgIpc) is 2.98. The molecule has 0 radical (unpaired) electrons. The Labute approximate surface area is 143 Å². The lowest BCUT2D eigenvalue weighted by Crippen LogP contribution is -1.90. The van der Waals surface area contributed by atoms with Crippen LogP contribution in [0.1, 0.15) is 16.0 Å². The highest BCUT2D eigenvalue weighted by Gasteiger charge is 2.13. The van der Waals surface area contributed by atoms with Gasteiger partial charge >= 0.3 is 0 Å². The van der Waals surface area contributed by atoms with Gasteiger partial charge in [0.05, 0.1) is 10.9 Å². The Morgan fingerprint density at radius 3 is 2.67 bits per heavy atom. The molecule has 0 bridgehead atoms. The normalized spacial score (nSPS) is 11.1. The summed E-state index contributed by atoms with van der Waals surface area (Å²) in [6.45, 7) is 1.90. The molecule has 2 heterocycles. The zero-order chi connectivity index (χ0) is 16.5. The summed E-state index contributed by atoms with van der Waals surface area (Å²) in [6.07, 6.45) is 2.69. The van der Waals surface area contributed by atoms with Crippen LogP contribution < -0.4 is 0 Å². The van der Waals surface area contributed by atoms with E-state index in [0.29, 0.717) is 0 Å². The van der Waals surface area contributed by atoms with Gasteiger partial charge in [-0.25, -0.2) is 4.39 Å². The summed E-state index contributed by atoms with van der Waals surface area (Å²) in [5, 5.41) is 9.55. The maximum absolute atomic E-state index is 13.4. The smallest absolute Gasteiger partial charge is 0.123 e. The van der Waals surface area contributed by atoms with Gasteiger partial charge in [-0.1, -0.05) is 30.3 Å². The molecule has 0 unspecified atom stereocenters. The highest BCUT2D eigenvalue weighted by molar-refractivity contribution is 7.19. The number of benzene rings is 2. The topological polar surface area (TPSA) is 25.8 Å². The van der Waals surface area contributed by atoms with Crippen LogP contribution in [0.25, 0.3) is 21.3 Å². The molecular weight excluding hydrogens is 319 g/mol. The first-order valence-corrected chi connectivity index (χ1v) is 8.57. The molecule has 2 aromatic heterocycles. The second-order valence-corrected chi connectivity index (χ2v) is 6.95. The lowest BCUT2D eigenvalue weighted by atomic mass is 10.0. The fraction of sp³-hybridized carbons (Fsp3) is 0.100. The third-order valence-electron chi connectivity index (χ3n) is 4.05. The fourth-order valence-electron chi connectivity index (χ4n) is 2.89. The Bertz CT molecular complexity index is 1010. The van der Waals surface area contributed by atoms with E-state index in [-0.39, 0.29) is 5.82 Å². The Hall–Kier alpha value is -2.59. The minimum Gasteiger partial charge on any atom is -0.207 e. The lowest BCUT2D eigenvalue weighted by Gasteiger charge is -2.05. The molecule has 4 rings (SSSR count). The van der Waals surface area contributed by atoms with Crippen molar-refractivity contribution in [3.05, 3.63) is 82.6 Å². The van der Waals surface area contributed by atoms with Crippen LogP contribution >= 0.6 is 11.3 Å². The summed E-state index contributed by atoms with van der Waals surface area (Å²) >= 11 is 1.73. The van der Waals surface area contributed by atoms with Crippen molar-refractivity contribution in [1.82, 2.24) is 10.2 Å². The summed E-state index contributed by atoms with van der Waals surface area (Å²) in [5.41, 5.74) is 3.91. The molecule has 0 fully saturated rings. The summed E-state index contributed by atoms with van der Waals surface area (Å²) in [5.74, 6) is -0.229. The van der Waals surface area contributed by atoms with Gasteiger partial charge in [0.2, 0.25) is 0 Å². The predicted molar refractivity (Wildman–Crippen MR) is 96.8 cm³/mol. The molecule has 0 N–H and O–H groups in total. The van der Waals surface area contributed by atoms with E-state index in [4.69, 9.17) is 0 Å². The van der Waals surface area contributed by atoms with Gasteiger partial charge in [-0.3, -0.25) is 0 Å². The van der Waals surface area contributed by atoms with E-state index in [1.807, 2.05) is 13.0 Å². The minimum absolute atomic E-state index is 0.229. The van der Waals surface area contributed by atoms with Gasteiger partial charge in [0.1, 0.15) is 11.5 Å². The standard InChI is InChI=1S/C20H15FN2S/c1-13-9-16(21)7-8-18(13)19-20-15(12-22-23-19)11-17(24-20)10-14-5-3-2-4-6-14/h2-9,11-12H,10H2,1H3. The Morgan fingerprint density at radius 2 is 1.88 bits per heavy atom. The van der Waals surface area contributed by atoms with E-state index in [9.17, 15) is 4.39 Å². The molecule has 118 valence electrons. The third-order valence-corrected chi connectivity index (χ3v) is 5.20. The van der Waals surface area contributed by atoms with Gasteiger partial charge < -0.3 is 0 Å². The van der Waals surface area contributed by atoms with E-state index in [0.717, 1.165) is 33.3 Å². The number of rotatable bonds is 3. The first-order valence-electron chi connectivity index (χ1n) is 7.75. The van der Waals surface area contributed by atoms with Gasteiger partial charge in [0.15, 0.2) is 0 Å². The lowest BCUT2D eigenvalue weighted by molar-refractivity contribution is 0.627. The van der Waals surface area contributed by atoms with Crippen molar-refractivity contribution in [1.29, 1.82) is 0 Å². The number of hydrogen-bond donors (Lipinski definition) is 0. The molecular formula is C20H15FN2S. The van der Waals surface area contributed by atoms with Crippen LogP contribution in [0.5, 0.6) is 0 Å². The predicted octanol–water partition coefficient (Wildman–Crippen LogP) is 5.40. The van der Waals surface area contributed by atoms with Crippen LogP contribution in [0, 0.1) is 12.7 Å². The van der Waals surface area contributed by atoms with Crippen LogP contribution in [0.15, 0.2) is 60.8 Å². The summed E-state index contributed by atoms with van der Waals surface area (Å²) in [7, 11) is 0. The molecule has 0 saturated heterocycles. The van der Waals surface area contributed by atoms with Crippen molar-refractivity contribution in [3.63, 3.8) is 0 Å². The van der Waals surface area contributed by atoms with Crippen molar-refractivity contribution >= 4 is 21.4 Å². The van der Waals surface area contributed by atoms with Gasteiger partial charge in [-0.05, 0) is 42.3 Å². The molecule has 0 aliphatic carbocycles. The SMILES string of the molecule is Cc1cc(F)ccc1-c1nncc2cc(Cc3ccccc3)sc12. The number of aromatic nitrogens is 2. The van der Waals surface area contributed by atoms with Crippen LogP contribution in [0.4, 0.5) is 4.39 Å². The molecule has 24 heavy (non-hydrogen) atoms. The molecule has 0 aliphatic rings. The van der Waals surface area contributed by atoms with Crippen LogP contribution in [0.3, 0.4) is 0 Å². The number of halogens is 1. The van der Waals surface area contributed by atoms with Gasteiger partial charge in [0.25, 0.3) is 0 Å². The highest BCUT2D eigenvalue weighted by Crippen LogP contribution is 2.35. The molecule has 4 aromatic rings. The fourth-order valence-corrected chi connectivity index (χ4v) is 4.05. The zero-order valence-electron chi connectivity index (χ0n) is 13.2. The second-order valence-electron chi connectivity index (χ2n) is 5.81. The summed E-state index contributed by atoms with van der Waals surface area (Å²) in [4.78, 5) is 1.27. The second kappa shape index (κ2) is 6.13. The van der Waals surface area contributed by atoms with Crippen molar-refractivity contribution in [2.45, 2.75) is 13.3 Å². The maximum Gasteiger partial charge on any atom is 0.123 e. The monoisotopic (exact) mass is 334 g/mol. The zero-order valence-corrected chi connectivity index (χ0v) is 14.0. The van der Waals surface area contributed by atoms with E-state index < -0.39 is 0 Å². The number of hydrogen-bond acceptors (Lipinski definition) is 3. The van der Waals surface area contributed by atoms with E-state index in [1.165, 1.54) is 22.6 Å². The van der Waals surface area contributed by atoms with E-state index >= 15 is 0 Å². The molecule has 2 nitrogen and oxygen atoms in total. The molecule has 0 spiro atoms. The Balaban J connectivity index is 1.80. The molecule has 0 amide bonds. The Morgan fingerprint density at radius 1 is 1.04 bits per heavy atom. The number of aryl methyl sites for hydroxylation is 1. The molecule has 2 aromatic carbocycles. The van der Waals surface area contributed by atoms with Crippen molar-refractivity contribution in [2.75, 3.05) is 0 Å². The summed E-state index contributed by atoms with van der Waals surface area (Å²) in [6, 6.07) is 17.4. The first-order chi connectivity index (χ1) is 11.7. The van der Waals surface area contributed by atoms with Crippen LogP contribution in [0.2, 0.25) is 0 Å². The summed E-state index contributed by atoms with van der Waals surface area (Å²) < 4.78 is 14.5. The van der Waals surface area contributed by atoms with E-state index in [2.05, 4.69) is 40.5 Å². The van der Waals surface area contributed by atoms with Crippen LogP contribution in [-0.4, -0.2) is 10.2 Å². The molecule has 0 saturated carbocycles. The van der Waals surface area contributed by atoms with Gasteiger partial charge in [-0.2, -0.15) is 5.10 Å². The largest absolute Gasteiger partial charge is 0.207 e. The molecule has 0 atom stereocenters. The van der Waals surface area contributed by atoms with Gasteiger partial charge in [-0.15, -0.1) is 16.4 Å². The van der Waals surface area contributed by atoms with Crippen molar-refractivity contribution in [2.24, 2.45) is 0 Å². The number of fused-ring (bicyclic) bond motifs is 1. The first kappa shape index (κ1) is 15.0. The van der Waals surface area contributed by atoms with Crippen molar-refractivity contribution in [3.8, 4) is 11.3 Å². The minimum atomic E-state index is -0.229. The molecule has 0 aliphatic heterocycles. The molecule has 4 heteroatoms. The Kier molecular flexibility index (Phi) is 3.82. The highest BCUT2D eigenvalue weighted by atomic mass is 32.1.